The van der Waals surface area contributed by atoms with Crippen LogP contribution in [0.2, 0.25) is 0 Å². The minimum atomic E-state index is -4.34. The highest BCUT2D eigenvalue weighted by Crippen LogP contribution is 2.33. The highest BCUT2D eigenvalue weighted by Gasteiger charge is 2.34. The van der Waals surface area contributed by atoms with Crippen LogP contribution < -0.4 is 19.1 Å². The quantitative estimate of drug-likeness (QED) is 0.124. The second-order valence-corrected chi connectivity index (χ2v) is 12.7. The summed E-state index contributed by atoms with van der Waals surface area (Å²) in [5.41, 5.74) is 1.02. The smallest absolute Gasteiger partial charge is 0.339 e. The number of aromatic nitrogens is 1. The molecule has 0 aliphatic carbocycles. The molecule has 0 unspecified atom stereocenters. The van der Waals surface area contributed by atoms with Crippen molar-refractivity contribution in [2.45, 2.75) is 31.7 Å². The van der Waals surface area contributed by atoms with E-state index in [9.17, 15) is 28.1 Å². The Labute approximate surface area is 247 Å². The Bertz CT molecular complexity index is 2020. The van der Waals surface area contributed by atoms with E-state index in [4.69, 9.17) is 8.92 Å². The minimum absolute atomic E-state index is 0.00997. The van der Waals surface area contributed by atoms with Crippen LogP contribution in [-0.2, 0) is 19.6 Å². The molecule has 11 nitrogen and oxygen atoms in total. The standard InChI is InChI=1S/C28H23N3O8S3/c1-4-38-27(33)24-17(3)29-28-30(25(24)22-6-5-13-40-22)26(32)23(41-28)14-18-8-10-19(11-9-18)39-42(36,37)20-12-7-16(2)21(15-20)31(34)35/h5-15,25H,4H2,1-3H3/b23-14-/t25-/m0/s1. The first-order valence-corrected chi connectivity index (χ1v) is 15.6. The van der Waals surface area contributed by atoms with E-state index in [1.54, 1.807) is 32.1 Å². The van der Waals surface area contributed by atoms with Crippen molar-refractivity contribution in [3.63, 3.8) is 0 Å². The number of hydrogen-bond donors (Lipinski definition) is 0. The van der Waals surface area contributed by atoms with Crippen molar-refractivity contribution < 1.29 is 27.1 Å². The average Bonchev–Trinajstić information content (AvgIpc) is 3.57. The number of carbonyl (C=O) groups is 1. The summed E-state index contributed by atoms with van der Waals surface area (Å²) in [4.78, 5) is 42.5. The Morgan fingerprint density at radius 2 is 1.90 bits per heavy atom. The van der Waals surface area contributed by atoms with Crippen LogP contribution in [0.15, 0.2) is 85.9 Å². The molecule has 216 valence electrons. The number of fused-ring (bicyclic) bond motifs is 1. The maximum Gasteiger partial charge on any atom is 0.339 e. The van der Waals surface area contributed by atoms with Crippen molar-refractivity contribution in [3.05, 3.63) is 117 Å². The molecule has 4 aromatic rings. The zero-order valence-corrected chi connectivity index (χ0v) is 24.9. The van der Waals surface area contributed by atoms with E-state index >= 15 is 0 Å². The summed E-state index contributed by atoms with van der Waals surface area (Å²) in [5, 5.41) is 13.1. The second kappa shape index (κ2) is 11.5. The van der Waals surface area contributed by atoms with Gasteiger partial charge in [-0.2, -0.15) is 8.42 Å². The van der Waals surface area contributed by atoms with Crippen LogP contribution in [0.4, 0.5) is 5.69 Å². The average molecular weight is 626 g/mol. The Balaban J connectivity index is 1.47. The fourth-order valence-corrected chi connectivity index (χ4v) is 7.22. The number of rotatable bonds is 8. The molecule has 2 aromatic carbocycles. The number of aryl methyl sites for hydroxylation is 1. The molecule has 1 atom stereocenters. The van der Waals surface area contributed by atoms with Crippen molar-refractivity contribution in [2.75, 3.05) is 6.61 Å². The molecule has 0 spiro atoms. The van der Waals surface area contributed by atoms with Gasteiger partial charge >= 0.3 is 16.1 Å². The van der Waals surface area contributed by atoms with Crippen molar-refractivity contribution in [1.82, 2.24) is 4.57 Å². The minimum Gasteiger partial charge on any atom is -0.463 e. The molecule has 42 heavy (non-hydrogen) atoms. The van der Waals surface area contributed by atoms with Gasteiger partial charge in [0.1, 0.15) is 16.7 Å². The maximum absolute atomic E-state index is 13.6. The van der Waals surface area contributed by atoms with Crippen LogP contribution in [-0.4, -0.2) is 30.5 Å². The van der Waals surface area contributed by atoms with Gasteiger partial charge in [-0.15, -0.1) is 11.3 Å². The number of carbonyl (C=O) groups excluding carboxylic acids is 1. The van der Waals surface area contributed by atoms with Crippen LogP contribution in [0.3, 0.4) is 0 Å². The highest BCUT2D eigenvalue weighted by molar-refractivity contribution is 7.87. The number of ether oxygens (including phenoxy) is 1. The van der Waals surface area contributed by atoms with Crippen LogP contribution in [0.1, 0.15) is 35.9 Å². The Morgan fingerprint density at radius 3 is 2.55 bits per heavy atom. The molecule has 0 saturated carbocycles. The molecule has 0 N–H and O–H groups in total. The molecule has 5 rings (SSSR count). The van der Waals surface area contributed by atoms with Gasteiger partial charge in [0, 0.05) is 16.5 Å². The lowest BCUT2D eigenvalue weighted by atomic mass is 10.0. The molecule has 2 aromatic heterocycles. The van der Waals surface area contributed by atoms with Gasteiger partial charge in [0.05, 0.1) is 27.3 Å². The number of hydrogen-bond acceptors (Lipinski definition) is 11. The summed E-state index contributed by atoms with van der Waals surface area (Å²) in [6, 6.07) is 12.5. The zero-order valence-electron chi connectivity index (χ0n) is 22.5. The first kappa shape index (κ1) is 29.1. The van der Waals surface area contributed by atoms with E-state index in [1.165, 1.54) is 58.4 Å². The summed E-state index contributed by atoms with van der Waals surface area (Å²) in [6.45, 7) is 5.12. The molecule has 1 aliphatic heterocycles. The summed E-state index contributed by atoms with van der Waals surface area (Å²) < 4.78 is 37.8. The number of benzene rings is 2. The molecule has 0 amide bonds. The molecule has 0 bridgehead atoms. The zero-order chi connectivity index (χ0) is 30.2. The van der Waals surface area contributed by atoms with Gasteiger partial charge in [-0.05, 0) is 62.1 Å². The SMILES string of the molecule is CCOC(=O)C1=C(C)N=c2s/c(=C\c3ccc(OS(=O)(=O)c4ccc(C)c([N+](=O)[O-])c4)cc3)c(=O)n2[C@H]1c1cccs1. The Kier molecular flexibility index (Phi) is 7.95. The predicted molar refractivity (Wildman–Crippen MR) is 157 cm³/mol. The molecule has 3 heterocycles. The van der Waals surface area contributed by atoms with Gasteiger partial charge in [-0.25, -0.2) is 9.79 Å². The third-order valence-electron chi connectivity index (χ3n) is 6.38. The number of thiazole rings is 1. The van der Waals surface area contributed by atoms with Crippen molar-refractivity contribution in [2.24, 2.45) is 4.99 Å². The van der Waals surface area contributed by atoms with E-state index in [0.717, 1.165) is 10.9 Å². The lowest BCUT2D eigenvalue weighted by Gasteiger charge is -2.23. The molecule has 14 heteroatoms. The molecule has 1 aliphatic rings. The lowest BCUT2D eigenvalue weighted by molar-refractivity contribution is -0.385. The first-order valence-electron chi connectivity index (χ1n) is 12.5. The largest absolute Gasteiger partial charge is 0.463 e. The Morgan fingerprint density at radius 1 is 1.17 bits per heavy atom. The molecular formula is C28H23N3O8S3. The molecule has 0 saturated heterocycles. The number of nitro groups is 1. The number of nitrogens with zero attached hydrogens (tertiary/aromatic N) is 3. The van der Waals surface area contributed by atoms with Gasteiger partial charge in [0.2, 0.25) is 0 Å². The van der Waals surface area contributed by atoms with E-state index in [1.807, 2.05) is 17.5 Å². The van der Waals surface area contributed by atoms with Crippen molar-refractivity contribution in [1.29, 1.82) is 0 Å². The first-order chi connectivity index (χ1) is 20.0. The van der Waals surface area contributed by atoms with Gasteiger partial charge in [0.25, 0.3) is 11.2 Å². The second-order valence-electron chi connectivity index (χ2n) is 9.13. The van der Waals surface area contributed by atoms with Gasteiger partial charge in [0.15, 0.2) is 4.80 Å². The van der Waals surface area contributed by atoms with Crippen LogP contribution >= 0.6 is 22.7 Å². The van der Waals surface area contributed by atoms with Crippen LogP contribution in [0, 0.1) is 17.0 Å². The molecule has 0 radical (unpaired) electrons. The summed E-state index contributed by atoms with van der Waals surface area (Å²) in [6.07, 6.45) is 1.64. The van der Waals surface area contributed by atoms with E-state index in [-0.39, 0.29) is 28.5 Å². The van der Waals surface area contributed by atoms with Gasteiger partial charge in [-0.1, -0.05) is 35.6 Å². The third kappa shape index (κ3) is 5.55. The van der Waals surface area contributed by atoms with Gasteiger partial charge in [-0.3, -0.25) is 19.5 Å². The van der Waals surface area contributed by atoms with E-state index in [0.29, 0.717) is 31.7 Å². The summed E-state index contributed by atoms with van der Waals surface area (Å²) in [7, 11) is -4.34. The lowest BCUT2D eigenvalue weighted by Crippen LogP contribution is -2.39. The normalized spacial score (nSPS) is 15.2. The number of esters is 1. The molecular weight excluding hydrogens is 603 g/mol. The number of nitro benzene ring substituents is 1. The monoisotopic (exact) mass is 625 g/mol. The van der Waals surface area contributed by atoms with E-state index < -0.39 is 27.1 Å². The predicted octanol–water partition coefficient (Wildman–Crippen LogP) is 3.84. The van der Waals surface area contributed by atoms with Crippen LogP contribution in [0.5, 0.6) is 5.75 Å². The molecule has 0 fully saturated rings. The summed E-state index contributed by atoms with van der Waals surface area (Å²) >= 11 is 2.59. The highest BCUT2D eigenvalue weighted by atomic mass is 32.2. The van der Waals surface area contributed by atoms with Crippen molar-refractivity contribution in [3.8, 4) is 5.75 Å². The van der Waals surface area contributed by atoms with Crippen molar-refractivity contribution >= 4 is 50.5 Å². The Hall–Kier alpha value is -4.40. The third-order valence-corrected chi connectivity index (χ3v) is 9.53. The topological polar surface area (TPSA) is 147 Å². The van der Waals surface area contributed by atoms with Gasteiger partial charge < -0.3 is 8.92 Å². The van der Waals surface area contributed by atoms with Crippen LogP contribution in [0.25, 0.3) is 6.08 Å². The fourth-order valence-electron chi connectivity index (χ4n) is 4.39. The number of allylic oxidation sites excluding steroid dienone is 1. The number of thiophene rings is 1. The van der Waals surface area contributed by atoms with E-state index in [2.05, 4.69) is 4.99 Å². The fraction of sp³-hybridized carbons (Fsp3) is 0.179. The summed E-state index contributed by atoms with van der Waals surface area (Å²) in [5.74, 6) is -0.540. The maximum atomic E-state index is 13.6.